The molecule has 0 aliphatic carbocycles. The highest BCUT2D eigenvalue weighted by molar-refractivity contribution is 7.99. The van der Waals surface area contributed by atoms with Crippen molar-refractivity contribution in [3.63, 3.8) is 0 Å². The Bertz CT molecular complexity index is 677. The number of nitriles is 1. The lowest BCUT2D eigenvalue weighted by Crippen LogP contribution is -2.07. The monoisotopic (exact) mass is 295 g/mol. The van der Waals surface area contributed by atoms with Crippen molar-refractivity contribution in [2.75, 3.05) is 0 Å². The van der Waals surface area contributed by atoms with Crippen molar-refractivity contribution in [3.8, 4) is 11.8 Å². The molecular weight excluding hydrogens is 287 g/mol. The molecule has 2 rings (SSSR count). The minimum Gasteiger partial charge on any atom is -0.507 e. The molecule has 0 bridgehead atoms. The van der Waals surface area contributed by atoms with Gasteiger partial charge in [0.25, 0.3) is 0 Å². The Hall–Kier alpha value is -2.13. The fourth-order valence-electron chi connectivity index (χ4n) is 1.59. The van der Waals surface area contributed by atoms with Gasteiger partial charge < -0.3 is 5.11 Å². The summed E-state index contributed by atoms with van der Waals surface area (Å²) in [6.07, 6.45) is -4.58. The molecule has 0 saturated carbocycles. The van der Waals surface area contributed by atoms with Gasteiger partial charge in [-0.05, 0) is 30.3 Å². The number of aromatic hydroxyl groups is 1. The first kappa shape index (κ1) is 14.3. The predicted molar refractivity (Wildman–Crippen MR) is 68.4 cm³/mol. The van der Waals surface area contributed by atoms with Gasteiger partial charge in [-0.15, -0.1) is 0 Å². The molecule has 6 heteroatoms. The molecule has 102 valence electrons. The van der Waals surface area contributed by atoms with Crippen LogP contribution in [0.5, 0.6) is 5.75 Å². The molecule has 2 nitrogen and oxygen atoms in total. The molecule has 0 heterocycles. The summed E-state index contributed by atoms with van der Waals surface area (Å²) in [5, 5.41) is 18.3. The van der Waals surface area contributed by atoms with Gasteiger partial charge in [-0.2, -0.15) is 18.4 Å². The van der Waals surface area contributed by atoms with Gasteiger partial charge in [0.15, 0.2) is 0 Å². The van der Waals surface area contributed by atoms with Crippen LogP contribution in [-0.2, 0) is 6.18 Å². The predicted octanol–water partition coefficient (Wildman–Crippen LogP) is 4.43. The average Bonchev–Trinajstić information content (AvgIpc) is 2.40. The molecule has 20 heavy (non-hydrogen) atoms. The molecule has 0 aliphatic heterocycles. The summed E-state index contributed by atoms with van der Waals surface area (Å²) >= 11 is 1.00. The van der Waals surface area contributed by atoms with E-state index in [1.807, 2.05) is 0 Å². The first-order valence-electron chi connectivity index (χ1n) is 5.49. The van der Waals surface area contributed by atoms with E-state index in [1.54, 1.807) is 18.2 Å². The zero-order valence-electron chi connectivity index (χ0n) is 9.98. The van der Waals surface area contributed by atoms with E-state index >= 15 is 0 Å². The number of para-hydroxylation sites is 1. The summed E-state index contributed by atoms with van der Waals surface area (Å²) in [6.45, 7) is 0. The quantitative estimate of drug-likeness (QED) is 0.891. The van der Waals surface area contributed by atoms with Crippen LogP contribution in [0.3, 0.4) is 0 Å². The Kier molecular flexibility index (Phi) is 3.91. The van der Waals surface area contributed by atoms with Crippen LogP contribution in [0.15, 0.2) is 52.3 Å². The molecule has 0 aromatic heterocycles. The minimum absolute atomic E-state index is 0.00424. The van der Waals surface area contributed by atoms with Crippen molar-refractivity contribution < 1.29 is 18.3 Å². The number of hydrogen-bond acceptors (Lipinski definition) is 3. The second-order valence-electron chi connectivity index (χ2n) is 3.89. The van der Waals surface area contributed by atoms with Crippen molar-refractivity contribution in [2.45, 2.75) is 16.0 Å². The third-order valence-corrected chi connectivity index (χ3v) is 3.56. The molecule has 0 spiro atoms. The number of rotatable bonds is 2. The molecule has 2 aromatic rings. The van der Waals surface area contributed by atoms with Crippen LogP contribution < -0.4 is 0 Å². The number of alkyl halides is 3. The first-order valence-corrected chi connectivity index (χ1v) is 6.30. The molecule has 0 fully saturated rings. The summed E-state index contributed by atoms with van der Waals surface area (Å²) in [5.74, 6) is -0.00424. The second-order valence-corrected chi connectivity index (χ2v) is 5.00. The molecule has 0 unspecified atom stereocenters. The Labute approximate surface area is 117 Å². The van der Waals surface area contributed by atoms with Crippen LogP contribution in [0.1, 0.15) is 11.1 Å². The summed E-state index contributed by atoms with van der Waals surface area (Å²) < 4.78 is 38.5. The number of benzene rings is 2. The van der Waals surface area contributed by atoms with Crippen molar-refractivity contribution in [2.24, 2.45) is 0 Å². The summed E-state index contributed by atoms with van der Waals surface area (Å²) in [4.78, 5) is 0.753. The highest BCUT2D eigenvalue weighted by Crippen LogP contribution is 2.38. The summed E-state index contributed by atoms with van der Waals surface area (Å²) in [5.41, 5.74) is -1.39. The van der Waals surface area contributed by atoms with Crippen LogP contribution >= 0.6 is 11.8 Å². The minimum atomic E-state index is -4.58. The normalized spacial score (nSPS) is 11.1. The van der Waals surface area contributed by atoms with E-state index in [0.717, 1.165) is 23.9 Å². The van der Waals surface area contributed by atoms with Gasteiger partial charge in [0, 0.05) is 4.90 Å². The second kappa shape index (κ2) is 5.47. The number of hydrogen-bond donors (Lipinski definition) is 1. The standard InChI is InChI=1S/C14H8F3NOS/c15-14(16,17)11-7-10(6-5-9(11)8-18)20-13-4-2-1-3-12(13)19/h1-7,19H. The Balaban J connectivity index is 2.40. The Morgan fingerprint density at radius 2 is 1.80 bits per heavy atom. The fourth-order valence-corrected chi connectivity index (χ4v) is 2.48. The number of halogens is 3. The molecule has 0 atom stereocenters. The van der Waals surface area contributed by atoms with Gasteiger partial charge >= 0.3 is 6.18 Å². The third-order valence-electron chi connectivity index (χ3n) is 2.51. The van der Waals surface area contributed by atoms with Gasteiger partial charge in [-0.1, -0.05) is 23.9 Å². The van der Waals surface area contributed by atoms with Crippen LogP contribution in [0.25, 0.3) is 0 Å². The molecule has 2 aromatic carbocycles. The van der Waals surface area contributed by atoms with Crippen LogP contribution in [0.2, 0.25) is 0 Å². The average molecular weight is 295 g/mol. The molecule has 0 radical (unpaired) electrons. The van der Waals surface area contributed by atoms with Gasteiger partial charge in [-0.3, -0.25) is 0 Å². The molecule has 1 N–H and O–H groups in total. The van der Waals surface area contributed by atoms with Gasteiger partial charge in [0.05, 0.1) is 22.1 Å². The van der Waals surface area contributed by atoms with E-state index in [0.29, 0.717) is 9.79 Å². The Morgan fingerprint density at radius 3 is 2.40 bits per heavy atom. The Morgan fingerprint density at radius 1 is 1.10 bits per heavy atom. The van der Waals surface area contributed by atoms with Gasteiger partial charge in [0.2, 0.25) is 0 Å². The molecule has 0 amide bonds. The van der Waals surface area contributed by atoms with Gasteiger partial charge in [0.1, 0.15) is 5.75 Å². The van der Waals surface area contributed by atoms with Crippen molar-refractivity contribution in [1.82, 2.24) is 0 Å². The number of phenols is 1. The molecule has 0 saturated heterocycles. The lowest BCUT2D eigenvalue weighted by atomic mass is 10.1. The zero-order chi connectivity index (χ0) is 14.8. The highest BCUT2D eigenvalue weighted by atomic mass is 32.2. The van der Waals surface area contributed by atoms with E-state index in [-0.39, 0.29) is 5.75 Å². The fraction of sp³-hybridized carbons (Fsp3) is 0.0714. The molecular formula is C14H8F3NOS. The number of nitrogens with zero attached hydrogens (tertiary/aromatic N) is 1. The third kappa shape index (κ3) is 3.06. The summed E-state index contributed by atoms with van der Waals surface area (Å²) in [6, 6.07) is 11.3. The zero-order valence-corrected chi connectivity index (χ0v) is 10.8. The van der Waals surface area contributed by atoms with Crippen LogP contribution in [0, 0.1) is 11.3 Å². The van der Waals surface area contributed by atoms with Crippen LogP contribution in [-0.4, -0.2) is 5.11 Å². The van der Waals surface area contributed by atoms with E-state index in [1.165, 1.54) is 18.2 Å². The maximum Gasteiger partial charge on any atom is 0.417 e. The maximum atomic E-state index is 12.8. The highest BCUT2D eigenvalue weighted by Gasteiger charge is 2.33. The van der Waals surface area contributed by atoms with Crippen LogP contribution in [0.4, 0.5) is 13.2 Å². The van der Waals surface area contributed by atoms with Crippen molar-refractivity contribution in [1.29, 1.82) is 5.26 Å². The van der Waals surface area contributed by atoms with E-state index in [4.69, 9.17) is 5.26 Å². The molecule has 0 aliphatic rings. The maximum absolute atomic E-state index is 12.8. The largest absolute Gasteiger partial charge is 0.507 e. The lowest BCUT2D eigenvalue weighted by Gasteiger charge is -2.11. The smallest absolute Gasteiger partial charge is 0.417 e. The van der Waals surface area contributed by atoms with E-state index in [2.05, 4.69) is 0 Å². The lowest BCUT2D eigenvalue weighted by molar-refractivity contribution is -0.137. The number of phenolic OH excluding ortho intramolecular Hbond substituents is 1. The topological polar surface area (TPSA) is 44.0 Å². The van der Waals surface area contributed by atoms with E-state index in [9.17, 15) is 18.3 Å². The van der Waals surface area contributed by atoms with Crippen molar-refractivity contribution >= 4 is 11.8 Å². The van der Waals surface area contributed by atoms with E-state index < -0.39 is 17.3 Å². The first-order chi connectivity index (χ1) is 9.41. The van der Waals surface area contributed by atoms with Gasteiger partial charge in [-0.25, -0.2) is 0 Å². The SMILES string of the molecule is N#Cc1ccc(Sc2ccccc2O)cc1C(F)(F)F. The summed E-state index contributed by atoms with van der Waals surface area (Å²) in [7, 11) is 0. The van der Waals surface area contributed by atoms with Crippen molar-refractivity contribution in [3.05, 3.63) is 53.6 Å².